The molecule has 0 saturated heterocycles. The maximum Gasteiger partial charge on any atom is 0.330 e. The number of halogens is 1. The number of carboxylic acid groups (broad SMARTS) is 1. The molecule has 0 aliphatic heterocycles. The Labute approximate surface area is 258 Å². The first-order chi connectivity index (χ1) is 20.7. The number of pyridine rings is 1. The van der Waals surface area contributed by atoms with Gasteiger partial charge < -0.3 is 20.1 Å². The lowest BCUT2D eigenvalue weighted by atomic mass is 9.48. The maximum absolute atomic E-state index is 13.9. The third-order valence-corrected chi connectivity index (χ3v) is 10.2. The van der Waals surface area contributed by atoms with Gasteiger partial charge in [-0.3, -0.25) is 4.79 Å². The van der Waals surface area contributed by atoms with Crippen molar-refractivity contribution in [1.29, 1.82) is 0 Å². The van der Waals surface area contributed by atoms with E-state index in [0.29, 0.717) is 34.9 Å². The number of aromatic nitrogens is 1. The molecule has 1 heterocycles. The van der Waals surface area contributed by atoms with Crippen LogP contribution >= 0.6 is 11.6 Å². The zero-order chi connectivity index (χ0) is 30.3. The highest BCUT2D eigenvalue weighted by molar-refractivity contribution is 6.32. The van der Waals surface area contributed by atoms with Crippen molar-refractivity contribution >= 4 is 23.5 Å². The molecule has 3 aromatic rings. The molecule has 1 aromatic heterocycles. The van der Waals surface area contributed by atoms with E-state index in [4.69, 9.17) is 21.3 Å². The second-order valence-corrected chi connectivity index (χ2v) is 13.4. The number of carbonyl (C=O) groups is 2. The number of aryl methyl sites for hydroxylation is 1. The molecule has 43 heavy (non-hydrogen) atoms. The van der Waals surface area contributed by atoms with E-state index in [1.54, 1.807) is 12.1 Å². The first kappa shape index (κ1) is 29.6. The Hall–Kier alpha value is -3.42. The van der Waals surface area contributed by atoms with Gasteiger partial charge in [-0.25, -0.2) is 9.78 Å². The minimum atomic E-state index is -1.24. The predicted octanol–water partition coefficient (Wildman–Crippen LogP) is 6.72. The smallest absolute Gasteiger partial charge is 0.330 e. The lowest BCUT2D eigenvalue weighted by Gasteiger charge is -2.59. The van der Waals surface area contributed by atoms with Gasteiger partial charge in [0, 0.05) is 17.7 Å². The van der Waals surface area contributed by atoms with Crippen molar-refractivity contribution in [3.05, 3.63) is 70.9 Å². The highest BCUT2D eigenvalue weighted by Crippen LogP contribution is 2.58. The molecule has 4 saturated carbocycles. The Kier molecular flexibility index (Phi) is 8.22. The molecule has 2 aromatic carbocycles. The van der Waals surface area contributed by atoms with E-state index in [9.17, 15) is 14.7 Å². The van der Waals surface area contributed by atoms with Crippen molar-refractivity contribution in [2.45, 2.75) is 51.0 Å². The summed E-state index contributed by atoms with van der Waals surface area (Å²) < 4.78 is 6.06. The van der Waals surface area contributed by atoms with E-state index in [0.717, 1.165) is 60.9 Å². The van der Waals surface area contributed by atoms with Gasteiger partial charge in [0.15, 0.2) is 0 Å². The van der Waals surface area contributed by atoms with Crippen LogP contribution in [-0.2, 0) is 4.79 Å². The molecule has 0 radical (unpaired) electrons. The number of benzene rings is 2. The standard InChI is InChI=1S/C35H40ClN3O4/c1-21-7-4-5-8-27(21)28-10-12-30(37-32(28)24-9-11-29(36)31(20-24)43-14-6-13-39(2)3)33(40)38-35(34(41)42)25-16-22-15-23(18-25)19-26(35)17-22/h4-5,7-12,20,22-23,25-26H,6,13-19H2,1-3H3,(H,38,40)(H,41,42). The number of ether oxygens (including phenoxy) is 1. The van der Waals surface area contributed by atoms with E-state index in [1.807, 2.05) is 63.5 Å². The minimum Gasteiger partial charge on any atom is -0.492 e. The molecule has 7 nitrogen and oxygen atoms in total. The number of aliphatic carboxylic acids is 1. The third-order valence-electron chi connectivity index (χ3n) is 9.88. The molecule has 4 aliphatic carbocycles. The molecule has 4 aliphatic rings. The van der Waals surface area contributed by atoms with Crippen LogP contribution in [-0.4, -0.2) is 59.7 Å². The average Bonchev–Trinajstić information content (AvgIpc) is 2.97. The number of carboxylic acids is 1. The van der Waals surface area contributed by atoms with Crippen molar-refractivity contribution in [3.8, 4) is 28.1 Å². The van der Waals surface area contributed by atoms with Gasteiger partial charge in [-0.1, -0.05) is 41.9 Å². The van der Waals surface area contributed by atoms with Crippen molar-refractivity contribution in [2.24, 2.45) is 23.7 Å². The minimum absolute atomic E-state index is 0.0422. The van der Waals surface area contributed by atoms with Gasteiger partial charge in [-0.2, -0.15) is 0 Å². The fraction of sp³-hybridized carbons (Fsp3) is 0.457. The second-order valence-electron chi connectivity index (χ2n) is 13.0. The van der Waals surface area contributed by atoms with Crippen LogP contribution < -0.4 is 10.1 Å². The summed E-state index contributed by atoms with van der Waals surface area (Å²) in [6.07, 6.45) is 5.52. The number of nitrogens with one attached hydrogen (secondary N) is 1. The average molecular weight is 602 g/mol. The molecular weight excluding hydrogens is 562 g/mol. The van der Waals surface area contributed by atoms with Crippen LogP contribution in [0.25, 0.3) is 22.4 Å². The summed E-state index contributed by atoms with van der Waals surface area (Å²) in [6.45, 7) is 3.46. The van der Waals surface area contributed by atoms with Crippen molar-refractivity contribution in [2.75, 3.05) is 27.2 Å². The topological polar surface area (TPSA) is 91.8 Å². The fourth-order valence-corrected chi connectivity index (χ4v) is 8.18. The van der Waals surface area contributed by atoms with Gasteiger partial charge >= 0.3 is 5.97 Å². The molecule has 8 heteroatoms. The van der Waals surface area contributed by atoms with Crippen LogP contribution in [0.2, 0.25) is 5.02 Å². The fourth-order valence-electron chi connectivity index (χ4n) is 8.01. The lowest BCUT2D eigenvalue weighted by Crippen LogP contribution is -2.70. The van der Waals surface area contributed by atoms with Crippen LogP contribution in [0.3, 0.4) is 0 Å². The Morgan fingerprint density at radius 2 is 1.70 bits per heavy atom. The summed E-state index contributed by atoms with van der Waals surface area (Å²) in [4.78, 5) is 33.8. The van der Waals surface area contributed by atoms with Gasteiger partial charge in [0.1, 0.15) is 17.0 Å². The second kappa shape index (κ2) is 11.9. The summed E-state index contributed by atoms with van der Waals surface area (Å²) in [6, 6.07) is 17.2. The molecule has 226 valence electrons. The molecule has 2 N–H and O–H groups in total. The molecule has 7 rings (SSSR count). The monoisotopic (exact) mass is 601 g/mol. The molecule has 4 fully saturated rings. The Bertz CT molecular complexity index is 1510. The Morgan fingerprint density at radius 1 is 1.00 bits per heavy atom. The summed E-state index contributed by atoms with van der Waals surface area (Å²) in [5.74, 6) is 0.271. The van der Waals surface area contributed by atoms with Gasteiger partial charge in [-0.15, -0.1) is 0 Å². The Morgan fingerprint density at radius 3 is 2.35 bits per heavy atom. The van der Waals surface area contributed by atoms with Gasteiger partial charge in [0.25, 0.3) is 5.91 Å². The highest BCUT2D eigenvalue weighted by atomic mass is 35.5. The SMILES string of the molecule is Cc1ccccc1-c1ccc(C(=O)NC2(C(=O)O)C3CC4CC(C3)CC2C4)nc1-c1ccc(Cl)c(OCCCN(C)C)c1. The number of amides is 1. The van der Waals surface area contributed by atoms with Gasteiger partial charge in [-0.05, 0) is 119 Å². The zero-order valence-electron chi connectivity index (χ0n) is 25.1. The largest absolute Gasteiger partial charge is 0.492 e. The summed E-state index contributed by atoms with van der Waals surface area (Å²) >= 11 is 6.53. The number of hydrogen-bond donors (Lipinski definition) is 2. The summed E-state index contributed by atoms with van der Waals surface area (Å²) in [7, 11) is 4.05. The molecule has 0 atom stereocenters. The van der Waals surface area contributed by atoms with E-state index in [2.05, 4.69) is 10.2 Å². The normalized spacial score (nSPS) is 25.6. The quantitative estimate of drug-likeness (QED) is 0.251. The zero-order valence-corrected chi connectivity index (χ0v) is 25.9. The molecule has 0 unspecified atom stereocenters. The molecular formula is C35H40ClN3O4. The predicted molar refractivity (Wildman–Crippen MR) is 168 cm³/mol. The van der Waals surface area contributed by atoms with Crippen molar-refractivity contribution < 1.29 is 19.4 Å². The first-order valence-corrected chi connectivity index (χ1v) is 15.7. The van der Waals surface area contributed by atoms with Crippen LogP contribution in [0.5, 0.6) is 5.75 Å². The van der Waals surface area contributed by atoms with Crippen LogP contribution in [0.1, 0.15) is 54.6 Å². The molecule has 0 spiro atoms. The van der Waals surface area contributed by atoms with E-state index < -0.39 is 17.4 Å². The number of nitrogens with zero attached hydrogens (tertiary/aromatic N) is 2. The van der Waals surface area contributed by atoms with Gasteiger partial charge in [0.2, 0.25) is 0 Å². The lowest BCUT2D eigenvalue weighted by molar-refractivity contribution is -0.163. The summed E-state index contributed by atoms with van der Waals surface area (Å²) in [5, 5.41) is 14.1. The first-order valence-electron chi connectivity index (χ1n) is 15.4. The van der Waals surface area contributed by atoms with E-state index in [1.165, 1.54) is 6.42 Å². The number of rotatable bonds is 10. The molecule has 1 amide bonds. The highest BCUT2D eigenvalue weighted by Gasteiger charge is 2.62. The summed E-state index contributed by atoms with van der Waals surface area (Å²) in [5.41, 5.74) is 3.30. The Balaban J connectivity index is 1.36. The molecule has 4 bridgehead atoms. The number of hydrogen-bond acceptors (Lipinski definition) is 5. The number of carbonyl (C=O) groups excluding carboxylic acids is 1. The van der Waals surface area contributed by atoms with Crippen molar-refractivity contribution in [3.63, 3.8) is 0 Å². The third kappa shape index (κ3) is 5.65. The maximum atomic E-state index is 13.9. The van der Waals surface area contributed by atoms with Crippen LogP contribution in [0.4, 0.5) is 0 Å². The van der Waals surface area contributed by atoms with Gasteiger partial charge in [0.05, 0.1) is 17.3 Å². The van der Waals surface area contributed by atoms with E-state index >= 15 is 0 Å². The van der Waals surface area contributed by atoms with Crippen LogP contribution in [0, 0.1) is 30.6 Å². The van der Waals surface area contributed by atoms with Crippen molar-refractivity contribution in [1.82, 2.24) is 15.2 Å². The van der Waals surface area contributed by atoms with E-state index in [-0.39, 0.29) is 17.5 Å². The van der Waals surface area contributed by atoms with Crippen LogP contribution in [0.15, 0.2) is 54.6 Å².